The molecule has 1 aromatic rings. The molecule has 1 aliphatic carbocycles. The van der Waals surface area contributed by atoms with Crippen molar-refractivity contribution in [3.05, 3.63) is 34.7 Å². The molecule has 1 aliphatic rings. The molecular formula is C12H14BrNO3. The van der Waals surface area contributed by atoms with Gasteiger partial charge in [0.15, 0.2) is 10.4 Å². The van der Waals surface area contributed by atoms with Gasteiger partial charge in [0.2, 0.25) is 0 Å². The highest BCUT2D eigenvalue weighted by Crippen LogP contribution is 2.21. The summed E-state index contributed by atoms with van der Waals surface area (Å²) in [7, 11) is 0. The third kappa shape index (κ3) is 3.20. The van der Waals surface area contributed by atoms with Gasteiger partial charge in [0.1, 0.15) is 0 Å². The normalized spacial score (nSPS) is 23.6. The van der Waals surface area contributed by atoms with Gasteiger partial charge in [-0.2, -0.15) is 0 Å². The predicted molar refractivity (Wildman–Crippen MR) is 66.7 cm³/mol. The molecule has 1 atom stereocenters. The van der Waals surface area contributed by atoms with E-state index in [-0.39, 0.29) is 18.2 Å². The number of aliphatic hydroxyl groups is 1. The van der Waals surface area contributed by atoms with Crippen LogP contribution in [0.3, 0.4) is 0 Å². The second kappa shape index (κ2) is 5.06. The lowest BCUT2D eigenvalue weighted by atomic mass is 9.91. The van der Waals surface area contributed by atoms with Gasteiger partial charge in [0.05, 0.1) is 12.1 Å². The Morgan fingerprint density at radius 3 is 3.00 bits per heavy atom. The van der Waals surface area contributed by atoms with E-state index < -0.39 is 5.60 Å². The molecule has 0 spiro atoms. The maximum atomic E-state index is 11.7. The van der Waals surface area contributed by atoms with Crippen molar-refractivity contribution in [3.63, 3.8) is 0 Å². The van der Waals surface area contributed by atoms with Gasteiger partial charge in [0, 0.05) is 0 Å². The molecule has 4 nitrogen and oxygen atoms in total. The number of hydrogen-bond acceptors (Lipinski definition) is 3. The fraction of sp³-hybridized carbons (Fsp3) is 0.417. The zero-order chi connectivity index (χ0) is 12.3. The van der Waals surface area contributed by atoms with E-state index in [1.54, 1.807) is 18.2 Å². The fourth-order valence-electron chi connectivity index (χ4n) is 1.82. The lowest BCUT2D eigenvalue weighted by molar-refractivity contribution is 0.0648. The van der Waals surface area contributed by atoms with E-state index in [9.17, 15) is 9.90 Å². The Labute approximate surface area is 108 Å². The molecule has 2 N–H and O–H groups in total. The summed E-state index contributed by atoms with van der Waals surface area (Å²) >= 11 is 3.13. The summed E-state index contributed by atoms with van der Waals surface area (Å²) in [5.41, 5.74) is -0.919. The Hall–Kier alpha value is -1.07. The Bertz CT molecular complexity index is 441. The number of carbonyl (C=O) groups excluding carboxylic acids is 1. The van der Waals surface area contributed by atoms with Gasteiger partial charge < -0.3 is 14.8 Å². The molecule has 0 aromatic carbocycles. The van der Waals surface area contributed by atoms with Crippen molar-refractivity contribution in [2.45, 2.75) is 24.9 Å². The van der Waals surface area contributed by atoms with Gasteiger partial charge >= 0.3 is 0 Å². The maximum Gasteiger partial charge on any atom is 0.287 e. The third-order valence-electron chi connectivity index (χ3n) is 2.76. The molecule has 1 amide bonds. The first-order valence-corrected chi connectivity index (χ1v) is 6.32. The van der Waals surface area contributed by atoms with Crippen molar-refractivity contribution >= 4 is 21.8 Å². The molecule has 0 saturated heterocycles. The Kier molecular flexibility index (Phi) is 3.69. The number of carbonyl (C=O) groups is 1. The fourth-order valence-corrected chi connectivity index (χ4v) is 2.12. The van der Waals surface area contributed by atoms with Crippen molar-refractivity contribution in [1.29, 1.82) is 0 Å². The first-order chi connectivity index (χ1) is 8.09. The average molecular weight is 300 g/mol. The van der Waals surface area contributed by atoms with E-state index in [0.29, 0.717) is 11.1 Å². The number of halogens is 1. The van der Waals surface area contributed by atoms with Crippen LogP contribution in [0.4, 0.5) is 0 Å². The summed E-state index contributed by atoms with van der Waals surface area (Å²) in [6, 6.07) is 3.24. The lowest BCUT2D eigenvalue weighted by Crippen LogP contribution is -2.42. The number of furan rings is 1. The molecule has 92 valence electrons. The Morgan fingerprint density at radius 2 is 2.41 bits per heavy atom. The number of hydrogen-bond donors (Lipinski definition) is 2. The van der Waals surface area contributed by atoms with Gasteiger partial charge in [-0.05, 0) is 47.3 Å². The van der Waals surface area contributed by atoms with E-state index >= 15 is 0 Å². The van der Waals surface area contributed by atoms with Crippen LogP contribution in [-0.4, -0.2) is 23.2 Å². The highest BCUT2D eigenvalue weighted by molar-refractivity contribution is 9.10. The molecule has 1 unspecified atom stereocenters. The zero-order valence-electron chi connectivity index (χ0n) is 9.28. The summed E-state index contributed by atoms with van der Waals surface area (Å²) in [5, 5.41) is 12.8. The molecule has 0 saturated carbocycles. The van der Waals surface area contributed by atoms with Gasteiger partial charge in [-0.25, -0.2) is 0 Å². The lowest BCUT2D eigenvalue weighted by Gasteiger charge is -2.27. The molecule has 17 heavy (non-hydrogen) atoms. The molecule has 1 aromatic heterocycles. The topological polar surface area (TPSA) is 62.5 Å². The van der Waals surface area contributed by atoms with Crippen LogP contribution in [-0.2, 0) is 0 Å². The number of nitrogens with one attached hydrogen (secondary N) is 1. The molecule has 0 fully saturated rings. The molecule has 2 rings (SSSR count). The molecule has 0 bridgehead atoms. The van der Waals surface area contributed by atoms with E-state index in [1.807, 2.05) is 6.08 Å². The monoisotopic (exact) mass is 299 g/mol. The summed E-state index contributed by atoms with van der Waals surface area (Å²) < 4.78 is 5.64. The SMILES string of the molecule is O=C(NCC1(O)C=CCCC1)c1ccc(Br)o1. The Morgan fingerprint density at radius 1 is 1.59 bits per heavy atom. The minimum Gasteiger partial charge on any atom is -0.444 e. The van der Waals surface area contributed by atoms with Crippen molar-refractivity contribution in [1.82, 2.24) is 5.32 Å². The smallest absolute Gasteiger partial charge is 0.287 e. The second-order valence-corrected chi connectivity index (χ2v) is 4.97. The van der Waals surface area contributed by atoms with Crippen LogP contribution < -0.4 is 5.32 Å². The zero-order valence-corrected chi connectivity index (χ0v) is 10.9. The van der Waals surface area contributed by atoms with Crippen LogP contribution in [0.2, 0.25) is 0 Å². The van der Waals surface area contributed by atoms with Gasteiger partial charge in [-0.15, -0.1) is 0 Å². The van der Waals surface area contributed by atoms with E-state index in [0.717, 1.165) is 12.8 Å². The van der Waals surface area contributed by atoms with Crippen molar-refractivity contribution in [3.8, 4) is 0 Å². The number of rotatable bonds is 3. The largest absolute Gasteiger partial charge is 0.444 e. The predicted octanol–water partition coefficient (Wildman–Crippen LogP) is 2.24. The molecule has 0 radical (unpaired) electrons. The highest BCUT2D eigenvalue weighted by atomic mass is 79.9. The minimum absolute atomic E-state index is 0.209. The van der Waals surface area contributed by atoms with Crippen LogP contribution in [0, 0.1) is 0 Å². The standard InChI is InChI=1S/C12H14BrNO3/c13-10-5-4-9(17-10)11(15)14-8-12(16)6-2-1-3-7-12/h2,4-6,16H,1,3,7-8H2,(H,14,15). The summed E-state index contributed by atoms with van der Waals surface area (Å²) in [6.07, 6.45) is 6.30. The maximum absolute atomic E-state index is 11.7. The van der Waals surface area contributed by atoms with Crippen molar-refractivity contribution < 1.29 is 14.3 Å². The quantitative estimate of drug-likeness (QED) is 0.842. The summed E-state index contributed by atoms with van der Waals surface area (Å²) in [4.78, 5) is 11.7. The van der Waals surface area contributed by atoms with E-state index in [4.69, 9.17) is 4.42 Å². The first-order valence-electron chi connectivity index (χ1n) is 5.53. The van der Waals surface area contributed by atoms with Crippen molar-refractivity contribution in [2.75, 3.05) is 6.54 Å². The number of amides is 1. The van der Waals surface area contributed by atoms with Crippen LogP contribution in [0.5, 0.6) is 0 Å². The van der Waals surface area contributed by atoms with Gasteiger partial charge in [0.25, 0.3) is 5.91 Å². The van der Waals surface area contributed by atoms with Gasteiger partial charge in [-0.3, -0.25) is 4.79 Å². The van der Waals surface area contributed by atoms with Crippen LogP contribution in [0.15, 0.2) is 33.4 Å². The van der Waals surface area contributed by atoms with Crippen LogP contribution >= 0.6 is 15.9 Å². The second-order valence-electron chi connectivity index (χ2n) is 4.18. The molecule has 5 heteroatoms. The van der Waals surface area contributed by atoms with Gasteiger partial charge in [-0.1, -0.05) is 12.2 Å². The third-order valence-corrected chi connectivity index (χ3v) is 3.19. The van der Waals surface area contributed by atoms with Crippen LogP contribution in [0.1, 0.15) is 29.8 Å². The average Bonchev–Trinajstić information content (AvgIpc) is 2.74. The van der Waals surface area contributed by atoms with Crippen LogP contribution in [0.25, 0.3) is 0 Å². The first kappa shape index (κ1) is 12.4. The van der Waals surface area contributed by atoms with E-state index in [2.05, 4.69) is 21.2 Å². The summed E-state index contributed by atoms with van der Waals surface area (Å²) in [5.74, 6) is -0.0802. The Balaban J connectivity index is 1.92. The molecule has 1 heterocycles. The molecular weight excluding hydrogens is 286 g/mol. The molecule has 0 aliphatic heterocycles. The number of allylic oxidation sites excluding steroid dienone is 1. The highest BCUT2D eigenvalue weighted by Gasteiger charge is 2.26. The van der Waals surface area contributed by atoms with E-state index in [1.165, 1.54) is 0 Å². The van der Waals surface area contributed by atoms with Crippen molar-refractivity contribution in [2.24, 2.45) is 0 Å². The summed E-state index contributed by atoms with van der Waals surface area (Å²) in [6.45, 7) is 0.209. The minimum atomic E-state index is -0.919.